The molecule has 0 bridgehead atoms. The number of carbonyl (C=O) groups is 2. The van der Waals surface area contributed by atoms with Crippen molar-refractivity contribution in [2.24, 2.45) is 0 Å². The molecule has 1 rings (SSSR count). The molecule has 0 aromatic heterocycles. The maximum atomic E-state index is 10.7. The Hall–Kier alpha value is -0.620. The van der Waals surface area contributed by atoms with E-state index in [9.17, 15) is 19.8 Å². The Balaban J connectivity index is 0. The Kier molecular flexibility index (Phi) is 12.8. The fourth-order valence-electron chi connectivity index (χ4n) is 1.64. The molecule has 0 spiro atoms. The molecule has 104 valence electrons. The van der Waals surface area contributed by atoms with Gasteiger partial charge < -0.3 is 19.8 Å². The summed E-state index contributed by atoms with van der Waals surface area (Å²) in [6.45, 7) is 6.78. The van der Waals surface area contributed by atoms with Crippen LogP contribution in [0.4, 0.5) is 0 Å². The van der Waals surface area contributed by atoms with Gasteiger partial charge in [-0.2, -0.15) is 0 Å². The van der Waals surface area contributed by atoms with E-state index >= 15 is 0 Å². The molecule has 0 unspecified atom stereocenters. The third-order valence-electron chi connectivity index (χ3n) is 2.63. The predicted octanol–water partition coefficient (Wildman–Crippen LogP) is -5.53. The first-order valence-electron chi connectivity index (χ1n) is 5.93. The monoisotopic (exact) mass is 316 g/mol. The van der Waals surface area contributed by atoms with Gasteiger partial charge in [0, 0.05) is 0 Å². The van der Waals surface area contributed by atoms with Gasteiger partial charge in [-0.3, -0.25) is 0 Å². The van der Waals surface area contributed by atoms with Crippen molar-refractivity contribution in [1.82, 2.24) is 0 Å². The van der Waals surface area contributed by atoms with Gasteiger partial charge in [-0.1, -0.05) is 55.1 Å². The van der Waals surface area contributed by atoms with E-state index in [-0.39, 0.29) is 83.1 Å². The second-order valence-electron chi connectivity index (χ2n) is 4.35. The molecule has 22 heavy (non-hydrogen) atoms. The standard InChI is InChI=1S/C16H16O4.2Na/c1-11(15(17)18)8-14(9-12(2)16(19)20)10-13-6-4-3-5-7-13;;/h3-7,10H,1-2,8-9H2,(H,17,18)(H,19,20);;/q;2*+1/p-2. The summed E-state index contributed by atoms with van der Waals surface area (Å²) in [6.07, 6.45) is 1.75. The molecule has 0 fully saturated rings. The molecule has 0 radical (unpaired) electrons. The van der Waals surface area contributed by atoms with Crippen molar-refractivity contribution >= 4 is 18.0 Å². The minimum atomic E-state index is -1.36. The summed E-state index contributed by atoms with van der Waals surface area (Å²) in [5, 5.41) is 21.4. The van der Waals surface area contributed by atoms with Crippen molar-refractivity contribution in [2.45, 2.75) is 12.8 Å². The number of benzene rings is 1. The van der Waals surface area contributed by atoms with Crippen LogP contribution in [0.2, 0.25) is 0 Å². The van der Waals surface area contributed by atoms with Crippen LogP contribution < -0.4 is 69.3 Å². The number of hydrogen-bond donors (Lipinski definition) is 0. The second-order valence-corrected chi connectivity index (χ2v) is 4.35. The van der Waals surface area contributed by atoms with Crippen LogP contribution in [0.5, 0.6) is 0 Å². The van der Waals surface area contributed by atoms with Crippen LogP contribution in [0, 0.1) is 0 Å². The fraction of sp³-hybridized carbons (Fsp3) is 0.125. The minimum absolute atomic E-state index is 0. The third-order valence-corrected chi connectivity index (χ3v) is 2.63. The largest absolute Gasteiger partial charge is 1.00 e. The number of hydrogen-bond acceptors (Lipinski definition) is 4. The molecule has 0 aliphatic heterocycles. The summed E-state index contributed by atoms with van der Waals surface area (Å²) in [5.41, 5.74) is 1.18. The number of carboxylic acid groups (broad SMARTS) is 2. The Bertz CT molecular complexity index is 547. The van der Waals surface area contributed by atoms with Gasteiger partial charge >= 0.3 is 59.1 Å². The number of aliphatic carboxylic acids is 2. The predicted molar refractivity (Wildman–Crippen MR) is 71.9 cm³/mol. The Labute approximate surface area is 174 Å². The minimum Gasteiger partial charge on any atom is -0.545 e. The van der Waals surface area contributed by atoms with Crippen molar-refractivity contribution in [1.29, 1.82) is 0 Å². The zero-order valence-electron chi connectivity index (χ0n) is 12.9. The third kappa shape index (κ3) is 8.73. The normalized spacial score (nSPS) is 8.73. The maximum Gasteiger partial charge on any atom is 1.00 e. The first-order chi connectivity index (χ1) is 9.40. The van der Waals surface area contributed by atoms with Crippen LogP contribution in [0.3, 0.4) is 0 Å². The van der Waals surface area contributed by atoms with E-state index in [1.165, 1.54) is 0 Å². The van der Waals surface area contributed by atoms with E-state index in [2.05, 4.69) is 13.2 Å². The van der Waals surface area contributed by atoms with Gasteiger partial charge in [0.2, 0.25) is 0 Å². The van der Waals surface area contributed by atoms with E-state index in [1.54, 1.807) is 6.08 Å². The SMILES string of the molecule is C=C(CC(=Cc1ccccc1)CC(=C)C(=O)[O-])C(=O)[O-].[Na+].[Na+]. The zero-order chi connectivity index (χ0) is 15.1. The Morgan fingerprint density at radius 1 is 0.909 bits per heavy atom. The average molecular weight is 316 g/mol. The summed E-state index contributed by atoms with van der Waals surface area (Å²) in [4.78, 5) is 21.4. The molecule has 0 saturated carbocycles. The van der Waals surface area contributed by atoms with Crippen molar-refractivity contribution in [2.75, 3.05) is 0 Å². The number of rotatable bonds is 7. The molecule has 4 nitrogen and oxygen atoms in total. The van der Waals surface area contributed by atoms with Crippen molar-refractivity contribution < 1.29 is 78.9 Å². The van der Waals surface area contributed by atoms with Crippen LogP contribution in [-0.4, -0.2) is 11.9 Å². The molecule has 0 heterocycles. The van der Waals surface area contributed by atoms with Gasteiger partial charge in [0.15, 0.2) is 0 Å². The van der Waals surface area contributed by atoms with E-state index in [0.717, 1.165) is 5.56 Å². The smallest absolute Gasteiger partial charge is 0.545 e. The van der Waals surface area contributed by atoms with Crippen LogP contribution in [0.15, 0.2) is 60.2 Å². The first-order valence-corrected chi connectivity index (χ1v) is 5.93. The molecular formula is C16H14Na2O4. The summed E-state index contributed by atoms with van der Waals surface area (Å²) in [5.74, 6) is -2.72. The van der Waals surface area contributed by atoms with Gasteiger partial charge in [-0.15, -0.1) is 0 Å². The summed E-state index contributed by atoms with van der Waals surface area (Å²) >= 11 is 0. The summed E-state index contributed by atoms with van der Waals surface area (Å²) < 4.78 is 0. The maximum absolute atomic E-state index is 10.7. The summed E-state index contributed by atoms with van der Waals surface area (Å²) in [7, 11) is 0. The first kappa shape index (κ1) is 23.6. The molecule has 0 amide bonds. The molecule has 0 N–H and O–H groups in total. The molecule has 1 aromatic carbocycles. The molecule has 0 atom stereocenters. The second kappa shape index (κ2) is 11.9. The number of carbonyl (C=O) groups excluding carboxylic acids is 2. The van der Waals surface area contributed by atoms with E-state index in [1.807, 2.05) is 30.3 Å². The van der Waals surface area contributed by atoms with Gasteiger partial charge in [0.25, 0.3) is 0 Å². The molecule has 0 saturated heterocycles. The Morgan fingerprint density at radius 3 is 1.68 bits per heavy atom. The van der Waals surface area contributed by atoms with Crippen LogP contribution in [0.1, 0.15) is 18.4 Å². The van der Waals surface area contributed by atoms with Gasteiger partial charge in [0.1, 0.15) is 0 Å². The number of allylic oxidation sites excluding steroid dienone is 1. The van der Waals surface area contributed by atoms with Gasteiger partial charge in [-0.05, 0) is 29.6 Å². The topological polar surface area (TPSA) is 80.3 Å². The van der Waals surface area contributed by atoms with Crippen LogP contribution in [0.25, 0.3) is 6.08 Å². The molecule has 1 aromatic rings. The summed E-state index contributed by atoms with van der Waals surface area (Å²) in [6, 6.07) is 9.14. The van der Waals surface area contributed by atoms with Crippen molar-refractivity contribution in [3.8, 4) is 0 Å². The van der Waals surface area contributed by atoms with E-state index in [4.69, 9.17) is 0 Å². The molecular weight excluding hydrogens is 302 g/mol. The molecule has 6 heteroatoms. The van der Waals surface area contributed by atoms with Gasteiger partial charge in [-0.25, -0.2) is 0 Å². The quantitative estimate of drug-likeness (QED) is 0.371. The van der Waals surface area contributed by atoms with E-state index in [0.29, 0.717) is 5.57 Å². The zero-order valence-corrected chi connectivity index (χ0v) is 16.9. The number of carboxylic acids is 2. The average Bonchev–Trinajstić information content (AvgIpc) is 2.39. The van der Waals surface area contributed by atoms with Crippen molar-refractivity contribution in [3.63, 3.8) is 0 Å². The van der Waals surface area contributed by atoms with Gasteiger partial charge in [0.05, 0.1) is 11.9 Å². The Morgan fingerprint density at radius 2 is 1.32 bits per heavy atom. The molecule has 0 aliphatic rings. The van der Waals surface area contributed by atoms with Crippen molar-refractivity contribution in [3.05, 3.63) is 65.8 Å². The fourth-order valence-corrected chi connectivity index (χ4v) is 1.64. The molecule has 0 aliphatic carbocycles. The van der Waals surface area contributed by atoms with Crippen LogP contribution >= 0.6 is 0 Å². The van der Waals surface area contributed by atoms with E-state index < -0.39 is 11.9 Å². The van der Waals surface area contributed by atoms with Crippen LogP contribution in [-0.2, 0) is 9.59 Å².